The number of rotatable bonds is 7. The molecule has 0 radical (unpaired) electrons. The van der Waals surface area contributed by atoms with Crippen LogP contribution in [0.3, 0.4) is 0 Å². The molecule has 1 amide bonds. The van der Waals surface area contributed by atoms with E-state index in [1.807, 2.05) is 0 Å². The third-order valence-corrected chi connectivity index (χ3v) is 4.38. The lowest BCUT2D eigenvalue weighted by Crippen LogP contribution is -2.37. The van der Waals surface area contributed by atoms with Crippen LogP contribution in [0.1, 0.15) is 65.7 Å². The van der Waals surface area contributed by atoms with E-state index in [0.717, 1.165) is 13.1 Å². The lowest BCUT2D eigenvalue weighted by molar-refractivity contribution is -0.122. The van der Waals surface area contributed by atoms with Crippen molar-refractivity contribution in [3.63, 3.8) is 0 Å². The Morgan fingerprint density at radius 2 is 1.65 bits per heavy atom. The van der Waals surface area contributed by atoms with Crippen molar-refractivity contribution < 1.29 is 4.79 Å². The highest BCUT2D eigenvalue weighted by Gasteiger charge is 2.13. The molecule has 0 aromatic rings. The molecule has 0 bridgehead atoms. The molecule has 1 fully saturated rings. The molecule has 4 heteroatoms. The number of hydrogen-bond donors (Lipinski definition) is 2. The Labute approximate surface area is 131 Å². The smallest absolute Gasteiger partial charge is 0.220 e. The molecule has 3 nitrogen and oxygen atoms in total. The first-order valence-corrected chi connectivity index (χ1v) is 8.09. The van der Waals surface area contributed by atoms with Crippen LogP contribution in [0.4, 0.5) is 0 Å². The monoisotopic (exact) mass is 304 g/mol. The standard InChI is InChI=1S/C16H32N2O.ClH/c1-13(2)14(3)12-16(19)18-11-10-17-15-8-6-4-5-7-9-15;/h13-15,17H,4-12H2,1-3H3,(H,18,19);1H. The van der Waals surface area contributed by atoms with Crippen molar-refractivity contribution >= 4 is 18.3 Å². The van der Waals surface area contributed by atoms with Crippen LogP contribution in [-0.2, 0) is 4.79 Å². The molecule has 1 rings (SSSR count). The van der Waals surface area contributed by atoms with Crippen molar-refractivity contribution in [1.29, 1.82) is 0 Å². The van der Waals surface area contributed by atoms with Gasteiger partial charge in [-0.15, -0.1) is 12.4 Å². The minimum atomic E-state index is 0. The number of carbonyl (C=O) groups excluding carboxylic acids is 1. The summed E-state index contributed by atoms with van der Waals surface area (Å²) in [5, 5.41) is 6.60. The minimum absolute atomic E-state index is 0. The average Bonchev–Trinajstić information content (AvgIpc) is 2.63. The van der Waals surface area contributed by atoms with Crippen molar-refractivity contribution in [2.75, 3.05) is 13.1 Å². The maximum absolute atomic E-state index is 11.7. The molecule has 1 unspecified atom stereocenters. The van der Waals surface area contributed by atoms with Crippen LogP contribution in [0.15, 0.2) is 0 Å². The number of halogens is 1. The quantitative estimate of drug-likeness (QED) is 0.558. The van der Waals surface area contributed by atoms with E-state index in [-0.39, 0.29) is 18.3 Å². The highest BCUT2D eigenvalue weighted by Crippen LogP contribution is 2.17. The topological polar surface area (TPSA) is 41.1 Å². The van der Waals surface area contributed by atoms with Gasteiger partial charge in [0.25, 0.3) is 0 Å². The summed E-state index contributed by atoms with van der Waals surface area (Å²) in [6.45, 7) is 8.16. The Morgan fingerprint density at radius 1 is 1.05 bits per heavy atom. The molecule has 0 saturated heterocycles. The first kappa shape index (κ1) is 19.7. The molecule has 20 heavy (non-hydrogen) atoms. The van der Waals surface area contributed by atoms with Gasteiger partial charge in [0.05, 0.1) is 0 Å². The van der Waals surface area contributed by atoms with E-state index in [1.54, 1.807) is 0 Å². The predicted molar refractivity (Wildman–Crippen MR) is 88.4 cm³/mol. The summed E-state index contributed by atoms with van der Waals surface area (Å²) >= 11 is 0. The maximum Gasteiger partial charge on any atom is 0.220 e. The van der Waals surface area contributed by atoms with Crippen molar-refractivity contribution in [3.05, 3.63) is 0 Å². The van der Waals surface area contributed by atoms with E-state index in [1.165, 1.54) is 38.5 Å². The molecule has 0 aromatic carbocycles. The SMILES string of the molecule is CC(C)C(C)CC(=O)NCCNC1CCCCCC1.Cl. The second-order valence-corrected chi connectivity index (χ2v) is 6.42. The Kier molecular flexibility index (Phi) is 11.2. The third kappa shape index (κ3) is 8.80. The summed E-state index contributed by atoms with van der Waals surface area (Å²) in [5.41, 5.74) is 0. The summed E-state index contributed by atoms with van der Waals surface area (Å²) in [5.74, 6) is 1.24. The molecule has 1 atom stereocenters. The van der Waals surface area contributed by atoms with Crippen molar-refractivity contribution in [2.24, 2.45) is 11.8 Å². The fraction of sp³-hybridized carbons (Fsp3) is 0.938. The fourth-order valence-electron chi connectivity index (χ4n) is 2.56. The van der Waals surface area contributed by atoms with Gasteiger partial charge in [0.2, 0.25) is 5.91 Å². The largest absolute Gasteiger partial charge is 0.355 e. The molecule has 0 aromatic heterocycles. The van der Waals surface area contributed by atoms with Gasteiger partial charge in [0.15, 0.2) is 0 Å². The normalized spacial score (nSPS) is 18.2. The molecule has 1 aliphatic rings. The van der Waals surface area contributed by atoms with Gasteiger partial charge in [-0.1, -0.05) is 46.5 Å². The number of nitrogens with one attached hydrogen (secondary N) is 2. The zero-order chi connectivity index (χ0) is 14.1. The van der Waals surface area contributed by atoms with Crippen LogP contribution in [0.25, 0.3) is 0 Å². The zero-order valence-corrected chi connectivity index (χ0v) is 14.2. The average molecular weight is 305 g/mol. The van der Waals surface area contributed by atoms with Gasteiger partial charge in [-0.05, 0) is 24.7 Å². The zero-order valence-electron chi connectivity index (χ0n) is 13.4. The summed E-state index contributed by atoms with van der Waals surface area (Å²) < 4.78 is 0. The first-order chi connectivity index (χ1) is 9.09. The molecule has 0 spiro atoms. The van der Waals surface area contributed by atoms with Crippen LogP contribution >= 0.6 is 12.4 Å². The van der Waals surface area contributed by atoms with Gasteiger partial charge in [-0.25, -0.2) is 0 Å². The van der Waals surface area contributed by atoms with Crippen LogP contribution in [0, 0.1) is 11.8 Å². The highest BCUT2D eigenvalue weighted by atomic mass is 35.5. The predicted octanol–water partition coefficient (Wildman–Crippen LogP) is 3.52. The lowest BCUT2D eigenvalue weighted by atomic mass is 9.94. The van der Waals surface area contributed by atoms with Crippen LogP contribution in [-0.4, -0.2) is 25.0 Å². The van der Waals surface area contributed by atoms with Gasteiger partial charge >= 0.3 is 0 Å². The Balaban J connectivity index is 0.00000361. The Morgan fingerprint density at radius 3 is 2.20 bits per heavy atom. The van der Waals surface area contributed by atoms with E-state index in [0.29, 0.717) is 24.3 Å². The molecular weight excluding hydrogens is 272 g/mol. The molecule has 2 N–H and O–H groups in total. The summed E-state index contributed by atoms with van der Waals surface area (Å²) in [6.07, 6.45) is 8.76. The van der Waals surface area contributed by atoms with Gasteiger partial charge in [-0.2, -0.15) is 0 Å². The number of amides is 1. The summed E-state index contributed by atoms with van der Waals surface area (Å²) in [4.78, 5) is 11.7. The highest BCUT2D eigenvalue weighted by molar-refractivity contribution is 5.85. The van der Waals surface area contributed by atoms with Gasteiger partial charge in [0, 0.05) is 25.6 Å². The molecule has 1 saturated carbocycles. The van der Waals surface area contributed by atoms with Crippen molar-refractivity contribution in [3.8, 4) is 0 Å². The Bertz CT molecular complexity index is 251. The Hall–Kier alpha value is -0.280. The van der Waals surface area contributed by atoms with Gasteiger partial charge < -0.3 is 10.6 Å². The molecule has 0 heterocycles. The minimum Gasteiger partial charge on any atom is -0.355 e. The van der Waals surface area contributed by atoms with Crippen LogP contribution in [0.2, 0.25) is 0 Å². The number of hydrogen-bond acceptors (Lipinski definition) is 2. The van der Waals surface area contributed by atoms with Crippen molar-refractivity contribution in [1.82, 2.24) is 10.6 Å². The third-order valence-electron chi connectivity index (χ3n) is 4.38. The first-order valence-electron chi connectivity index (χ1n) is 8.09. The second-order valence-electron chi connectivity index (χ2n) is 6.42. The van der Waals surface area contributed by atoms with E-state index in [4.69, 9.17) is 0 Å². The van der Waals surface area contributed by atoms with Crippen molar-refractivity contribution in [2.45, 2.75) is 71.8 Å². The van der Waals surface area contributed by atoms with Crippen LogP contribution in [0.5, 0.6) is 0 Å². The second kappa shape index (κ2) is 11.4. The van der Waals surface area contributed by atoms with Gasteiger partial charge in [0.1, 0.15) is 0 Å². The van der Waals surface area contributed by atoms with E-state index < -0.39 is 0 Å². The van der Waals surface area contributed by atoms with Crippen LogP contribution < -0.4 is 10.6 Å². The lowest BCUT2D eigenvalue weighted by Gasteiger charge is -2.17. The molecular formula is C16H33ClN2O. The summed E-state index contributed by atoms with van der Waals surface area (Å²) in [6, 6.07) is 0.675. The van der Waals surface area contributed by atoms with E-state index >= 15 is 0 Å². The maximum atomic E-state index is 11.7. The summed E-state index contributed by atoms with van der Waals surface area (Å²) in [7, 11) is 0. The van der Waals surface area contributed by atoms with E-state index in [9.17, 15) is 4.79 Å². The molecule has 120 valence electrons. The molecule has 1 aliphatic carbocycles. The number of carbonyl (C=O) groups is 1. The molecule has 0 aliphatic heterocycles. The van der Waals surface area contributed by atoms with E-state index in [2.05, 4.69) is 31.4 Å². The fourth-order valence-corrected chi connectivity index (χ4v) is 2.56. The van der Waals surface area contributed by atoms with Gasteiger partial charge in [-0.3, -0.25) is 4.79 Å².